The molecule has 100 valence electrons. The molecule has 5 heteroatoms. The molecule has 1 heterocycles. The van der Waals surface area contributed by atoms with Crippen LogP contribution in [0.2, 0.25) is 0 Å². The smallest absolute Gasteiger partial charge is 0.182 e. The third-order valence-electron chi connectivity index (χ3n) is 3.48. The second kappa shape index (κ2) is 5.63. The summed E-state index contributed by atoms with van der Waals surface area (Å²) in [5, 5.41) is 0. The van der Waals surface area contributed by atoms with Crippen molar-refractivity contribution in [3.63, 3.8) is 0 Å². The minimum Gasteiger partial charge on any atom is -0.381 e. The van der Waals surface area contributed by atoms with E-state index >= 15 is 0 Å². The van der Waals surface area contributed by atoms with Crippen molar-refractivity contribution in [3.05, 3.63) is 29.3 Å². The third kappa shape index (κ3) is 2.47. The number of hydrogen-bond acceptors (Lipinski definition) is 3. The predicted molar refractivity (Wildman–Crippen MR) is 66.5 cm³/mol. The van der Waals surface area contributed by atoms with Gasteiger partial charge in [-0.1, -0.05) is 6.07 Å². The average molecular weight is 256 g/mol. The van der Waals surface area contributed by atoms with Crippen molar-refractivity contribution in [2.75, 3.05) is 25.2 Å². The first kappa shape index (κ1) is 13.2. The molecule has 0 spiro atoms. The molecule has 0 aliphatic carbocycles. The number of rotatable bonds is 3. The van der Waals surface area contributed by atoms with Gasteiger partial charge in [-0.25, -0.2) is 8.78 Å². The van der Waals surface area contributed by atoms with Gasteiger partial charge in [0, 0.05) is 38.4 Å². The zero-order valence-electron chi connectivity index (χ0n) is 10.5. The van der Waals surface area contributed by atoms with Crippen LogP contribution in [0.15, 0.2) is 12.1 Å². The Morgan fingerprint density at radius 2 is 1.94 bits per heavy atom. The molecule has 0 amide bonds. The lowest BCUT2D eigenvalue weighted by molar-refractivity contribution is 0.0853. The van der Waals surface area contributed by atoms with Gasteiger partial charge in [-0.15, -0.1) is 0 Å². The summed E-state index contributed by atoms with van der Waals surface area (Å²) in [7, 11) is 1.79. The molecule has 1 saturated heterocycles. The Balaban J connectivity index is 2.24. The van der Waals surface area contributed by atoms with Crippen LogP contribution in [0, 0.1) is 11.6 Å². The molecule has 1 aromatic rings. The van der Waals surface area contributed by atoms with Crippen molar-refractivity contribution in [1.82, 2.24) is 0 Å². The van der Waals surface area contributed by atoms with Crippen molar-refractivity contribution in [2.45, 2.75) is 25.4 Å². The molecule has 1 aromatic carbocycles. The van der Waals surface area contributed by atoms with Gasteiger partial charge in [-0.3, -0.25) is 0 Å². The van der Waals surface area contributed by atoms with E-state index in [0.717, 1.165) is 12.8 Å². The fourth-order valence-corrected chi connectivity index (χ4v) is 2.28. The maximum atomic E-state index is 14.0. The molecule has 0 unspecified atom stereocenters. The van der Waals surface area contributed by atoms with Gasteiger partial charge >= 0.3 is 0 Å². The maximum absolute atomic E-state index is 14.0. The van der Waals surface area contributed by atoms with Crippen molar-refractivity contribution in [2.24, 2.45) is 5.73 Å². The standard InChI is InChI=1S/C13H18F2N2O/c1-17(10-4-6-18-7-5-10)11-3-2-9(8-16)12(14)13(11)15/h2-3,10H,4-8,16H2,1H3. The van der Waals surface area contributed by atoms with E-state index in [-0.39, 0.29) is 23.8 Å². The van der Waals surface area contributed by atoms with E-state index in [1.807, 2.05) is 0 Å². The van der Waals surface area contributed by atoms with Crippen LogP contribution >= 0.6 is 0 Å². The molecule has 0 saturated carbocycles. The molecule has 1 fully saturated rings. The van der Waals surface area contributed by atoms with Crippen molar-refractivity contribution >= 4 is 5.69 Å². The lowest BCUT2D eigenvalue weighted by atomic mass is 10.1. The summed E-state index contributed by atoms with van der Waals surface area (Å²) in [6.45, 7) is 1.34. The minimum absolute atomic E-state index is 0.00398. The largest absolute Gasteiger partial charge is 0.381 e. The summed E-state index contributed by atoms with van der Waals surface area (Å²) >= 11 is 0. The van der Waals surface area contributed by atoms with E-state index in [4.69, 9.17) is 10.5 Å². The Hall–Kier alpha value is -1.20. The van der Waals surface area contributed by atoms with Crippen LogP contribution in [0.25, 0.3) is 0 Å². The molecule has 2 rings (SSSR count). The van der Waals surface area contributed by atoms with E-state index < -0.39 is 11.6 Å². The van der Waals surface area contributed by atoms with Gasteiger partial charge in [0.15, 0.2) is 11.6 Å². The third-order valence-corrected chi connectivity index (χ3v) is 3.48. The molecular weight excluding hydrogens is 238 g/mol. The number of nitrogens with two attached hydrogens (primary N) is 1. The Morgan fingerprint density at radius 3 is 2.56 bits per heavy atom. The molecule has 0 atom stereocenters. The van der Waals surface area contributed by atoms with Crippen LogP contribution in [0.3, 0.4) is 0 Å². The van der Waals surface area contributed by atoms with Gasteiger partial charge in [-0.05, 0) is 18.9 Å². The van der Waals surface area contributed by atoms with Gasteiger partial charge < -0.3 is 15.4 Å². The molecule has 2 N–H and O–H groups in total. The van der Waals surface area contributed by atoms with Gasteiger partial charge in [0.05, 0.1) is 5.69 Å². The normalized spacial score (nSPS) is 16.9. The number of hydrogen-bond donors (Lipinski definition) is 1. The van der Waals surface area contributed by atoms with Gasteiger partial charge in [0.25, 0.3) is 0 Å². The van der Waals surface area contributed by atoms with Crippen LogP contribution in [-0.2, 0) is 11.3 Å². The number of halogens is 2. The molecule has 18 heavy (non-hydrogen) atoms. The number of ether oxygens (including phenoxy) is 1. The average Bonchev–Trinajstić information content (AvgIpc) is 2.42. The Labute approximate surface area is 106 Å². The summed E-state index contributed by atoms with van der Waals surface area (Å²) in [4.78, 5) is 1.79. The van der Waals surface area contributed by atoms with E-state index in [1.54, 1.807) is 24.1 Å². The summed E-state index contributed by atoms with van der Waals surface area (Å²) < 4.78 is 32.9. The fraction of sp³-hybridized carbons (Fsp3) is 0.538. The SMILES string of the molecule is CN(c1ccc(CN)c(F)c1F)C1CCOCC1. The van der Waals surface area contributed by atoms with Gasteiger partial charge in [0.2, 0.25) is 0 Å². The molecule has 3 nitrogen and oxygen atoms in total. The van der Waals surface area contributed by atoms with Crippen LogP contribution in [0.1, 0.15) is 18.4 Å². The van der Waals surface area contributed by atoms with E-state index in [1.165, 1.54) is 0 Å². The van der Waals surface area contributed by atoms with Gasteiger partial charge in [-0.2, -0.15) is 0 Å². The quantitative estimate of drug-likeness (QED) is 0.899. The van der Waals surface area contributed by atoms with Crippen molar-refractivity contribution < 1.29 is 13.5 Å². The Kier molecular flexibility index (Phi) is 4.14. The summed E-state index contributed by atoms with van der Waals surface area (Å²) in [5.74, 6) is -1.65. The molecule has 1 aliphatic rings. The topological polar surface area (TPSA) is 38.5 Å². The highest BCUT2D eigenvalue weighted by molar-refractivity contribution is 5.50. The lowest BCUT2D eigenvalue weighted by Crippen LogP contribution is -2.37. The summed E-state index contributed by atoms with van der Waals surface area (Å²) in [5.41, 5.74) is 5.85. The first-order chi connectivity index (χ1) is 8.65. The molecule has 0 aromatic heterocycles. The summed E-state index contributed by atoms with van der Waals surface area (Å²) in [6.07, 6.45) is 1.66. The highest BCUT2D eigenvalue weighted by atomic mass is 19.2. The van der Waals surface area contributed by atoms with Crippen LogP contribution in [0.5, 0.6) is 0 Å². The monoisotopic (exact) mass is 256 g/mol. The Morgan fingerprint density at radius 1 is 1.28 bits per heavy atom. The fourth-order valence-electron chi connectivity index (χ4n) is 2.28. The van der Waals surface area contributed by atoms with Crippen LogP contribution in [0.4, 0.5) is 14.5 Å². The zero-order valence-corrected chi connectivity index (χ0v) is 10.5. The van der Waals surface area contributed by atoms with E-state index in [9.17, 15) is 8.78 Å². The molecular formula is C13H18F2N2O. The maximum Gasteiger partial charge on any atom is 0.182 e. The van der Waals surface area contributed by atoms with Crippen molar-refractivity contribution in [1.29, 1.82) is 0 Å². The highest BCUT2D eigenvalue weighted by Gasteiger charge is 2.23. The van der Waals surface area contributed by atoms with Gasteiger partial charge in [0.1, 0.15) is 0 Å². The second-order valence-electron chi connectivity index (χ2n) is 4.53. The van der Waals surface area contributed by atoms with Crippen LogP contribution in [-0.4, -0.2) is 26.3 Å². The molecule has 0 bridgehead atoms. The number of anilines is 1. The second-order valence-corrected chi connectivity index (χ2v) is 4.53. The molecule has 1 aliphatic heterocycles. The first-order valence-electron chi connectivity index (χ1n) is 6.12. The zero-order chi connectivity index (χ0) is 13.1. The van der Waals surface area contributed by atoms with E-state index in [2.05, 4.69) is 0 Å². The highest BCUT2D eigenvalue weighted by Crippen LogP contribution is 2.27. The molecule has 0 radical (unpaired) electrons. The number of benzene rings is 1. The first-order valence-corrected chi connectivity index (χ1v) is 6.12. The van der Waals surface area contributed by atoms with Crippen LogP contribution < -0.4 is 10.6 Å². The lowest BCUT2D eigenvalue weighted by Gasteiger charge is -2.33. The van der Waals surface area contributed by atoms with Crippen molar-refractivity contribution in [3.8, 4) is 0 Å². The minimum atomic E-state index is -0.839. The predicted octanol–water partition coefficient (Wildman–Crippen LogP) is 2.04. The summed E-state index contributed by atoms with van der Waals surface area (Å²) in [6, 6.07) is 3.33. The van der Waals surface area contributed by atoms with E-state index in [0.29, 0.717) is 13.2 Å². The number of nitrogens with zero attached hydrogens (tertiary/aromatic N) is 1. The Bertz CT molecular complexity index is 420.